The summed E-state index contributed by atoms with van der Waals surface area (Å²) < 4.78 is 16.5. The number of hydrogen-bond acceptors (Lipinski definition) is 2. The zero-order valence-electron chi connectivity index (χ0n) is 15.7. The molecule has 3 nitrogen and oxygen atoms in total. The maximum atomic E-state index is 14.6. The first-order valence-electron chi connectivity index (χ1n) is 10.1. The summed E-state index contributed by atoms with van der Waals surface area (Å²) in [5.41, 5.74) is 3.79. The van der Waals surface area contributed by atoms with Gasteiger partial charge in [-0.2, -0.15) is 0 Å². The molecular weight excluding hydrogens is 351 g/mol. The minimum atomic E-state index is -0.270. The quantitative estimate of drug-likeness (QED) is 0.602. The minimum absolute atomic E-state index is 0.0859. The number of fused-ring (bicyclic) bond motifs is 3. The number of nitrogens with zero attached hydrogens (tertiary/aromatic N) is 2. The van der Waals surface area contributed by atoms with Crippen LogP contribution in [0.3, 0.4) is 0 Å². The van der Waals surface area contributed by atoms with Crippen molar-refractivity contribution in [3.8, 4) is 11.3 Å². The van der Waals surface area contributed by atoms with E-state index in [0.29, 0.717) is 17.9 Å². The van der Waals surface area contributed by atoms with E-state index in [1.165, 1.54) is 11.6 Å². The van der Waals surface area contributed by atoms with E-state index in [1.54, 1.807) is 18.6 Å². The van der Waals surface area contributed by atoms with Gasteiger partial charge in [0.1, 0.15) is 11.6 Å². The molecule has 1 aromatic heterocycles. The summed E-state index contributed by atoms with van der Waals surface area (Å²) >= 11 is 0. The summed E-state index contributed by atoms with van der Waals surface area (Å²) in [4.78, 5) is 17.3. The van der Waals surface area contributed by atoms with Gasteiger partial charge in [0, 0.05) is 23.5 Å². The van der Waals surface area contributed by atoms with Crippen molar-refractivity contribution >= 4 is 5.78 Å². The lowest BCUT2D eigenvalue weighted by Crippen LogP contribution is -2.24. The van der Waals surface area contributed by atoms with E-state index in [0.717, 1.165) is 36.9 Å². The second-order valence-electron chi connectivity index (χ2n) is 8.03. The van der Waals surface area contributed by atoms with Gasteiger partial charge in [-0.3, -0.25) is 4.79 Å². The molecule has 5 rings (SSSR count). The van der Waals surface area contributed by atoms with E-state index in [9.17, 15) is 9.18 Å². The van der Waals surface area contributed by atoms with Crippen LogP contribution in [0.25, 0.3) is 11.3 Å². The van der Waals surface area contributed by atoms with Crippen LogP contribution in [0, 0.1) is 11.7 Å². The molecule has 4 heteroatoms. The van der Waals surface area contributed by atoms with Gasteiger partial charge in [-0.05, 0) is 43.2 Å². The van der Waals surface area contributed by atoms with E-state index in [1.807, 2.05) is 16.7 Å². The Morgan fingerprint density at radius 2 is 1.82 bits per heavy atom. The van der Waals surface area contributed by atoms with E-state index >= 15 is 0 Å². The minimum Gasteiger partial charge on any atom is -0.322 e. The van der Waals surface area contributed by atoms with Crippen LogP contribution in [0.2, 0.25) is 0 Å². The van der Waals surface area contributed by atoms with Crippen LogP contribution in [-0.2, 0) is 4.79 Å². The number of benzene rings is 2. The van der Waals surface area contributed by atoms with Crippen molar-refractivity contribution in [3.05, 3.63) is 78.0 Å². The molecule has 1 unspecified atom stereocenters. The van der Waals surface area contributed by atoms with Crippen LogP contribution < -0.4 is 0 Å². The van der Waals surface area contributed by atoms with Crippen LogP contribution in [0.1, 0.15) is 55.2 Å². The number of Topliss-reactive ketones (excluding diaryl/α,β-unsaturated/α-hetero) is 1. The molecule has 2 aliphatic rings. The fraction of sp³-hybridized carbons (Fsp3) is 0.333. The summed E-state index contributed by atoms with van der Waals surface area (Å²) in [6, 6.07) is 15.4. The van der Waals surface area contributed by atoms with Gasteiger partial charge in [0.15, 0.2) is 0 Å². The lowest BCUT2D eigenvalue weighted by Gasteiger charge is -2.29. The summed E-state index contributed by atoms with van der Waals surface area (Å²) in [5.74, 6) is 0.664. The summed E-state index contributed by atoms with van der Waals surface area (Å²) in [5, 5.41) is 0. The second-order valence-corrected chi connectivity index (χ2v) is 8.03. The van der Waals surface area contributed by atoms with Crippen LogP contribution >= 0.6 is 0 Å². The zero-order chi connectivity index (χ0) is 19.1. The van der Waals surface area contributed by atoms with Crippen LogP contribution in [0.5, 0.6) is 0 Å². The Kier molecular flexibility index (Phi) is 4.34. The SMILES string of the molecule is O=C(CC1c2c(F)cccc2-c2cncn21)[C@H]1CC[C@@H](c2ccccc2)CC1. The van der Waals surface area contributed by atoms with Crippen LogP contribution in [0.4, 0.5) is 4.39 Å². The molecule has 28 heavy (non-hydrogen) atoms. The molecular formula is C24H23FN2O. The Morgan fingerprint density at radius 3 is 2.61 bits per heavy atom. The highest BCUT2D eigenvalue weighted by atomic mass is 19.1. The van der Waals surface area contributed by atoms with Crippen molar-refractivity contribution in [1.29, 1.82) is 0 Å². The van der Waals surface area contributed by atoms with E-state index in [2.05, 4.69) is 29.2 Å². The maximum Gasteiger partial charge on any atom is 0.138 e. The molecule has 0 bridgehead atoms. The molecule has 1 saturated carbocycles. The highest BCUT2D eigenvalue weighted by Crippen LogP contribution is 2.44. The molecule has 3 aromatic rings. The van der Waals surface area contributed by atoms with Crippen molar-refractivity contribution in [3.63, 3.8) is 0 Å². The Morgan fingerprint density at radius 1 is 1.04 bits per heavy atom. The van der Waals surface area contributed by atoms with Crippen molar-refractivity contribution < 1.29 is 9.18 Å². The van der Waals surface area contributed by atoms with E-state index in [4.69, 9.17) is 0 Å². The molecule has 1 aliphatic heterocycles. The number of aromatic nitrogens is 2. The third-order valence-electron chi connectivity index (χ3n) is 6.51. The lowest BCUT2D eigenvalue weighted by molar-refractivity contribution is -0.124. The third-order valence-corrected chi connectivity index (χ3v) is 6.51. The van der Waals surface area contributed by atoms with Gasteiger partial charge in [0.2, 0.25) is 0 Å². The number of carbonyl (C=O) groups is 1. The molecule has 0 amide bonds. The van der Waals surface area contributed by atoms with Gasteiger partial charge in [0.05, 0.1) is 24.3 Å². The molecule has 0 N–H and O–H groups in total. The average Bonchev–Trinajstić information content (AvgIpc) is 3.32. The highest BCUT2D eigenvalue weighted by Gasteiger charge is 2.35. The zero-order valence-corrected chi connectivity index (χ0v) is 15.7. The predicted molar refractivity (Wildman–Crippen MR) is 107 cm³/mol. The Bertz CT molecular complexity index is 1000. The molecule has 0 saturated heterocycles. The molecule has 0 spiro atoms. The lowest BCUT2D eigenvalue weighted by atomic mass is 9.76. The van der Waals surface area contributed by atoms with Crippen molar-refractivity contribution in [2.45, 2.75) is 44.1 Å². The molecule has 142 valence electrons. The average molecular weight is 374 g/mol. The van der Waals surface area contributed by atoms with Crippen molar-refractivity contribution in [2.24, 2.45) is 5.92 Å². The van der Waals surface area contributed by atoms with Crippen molar-refractivity contribution in [2.75, 3.05) is 0 Å². The number of carbonyl (C=O) groups excluding carboxylic acids is 1. The first kappa shape index (κ1) is 17.4. The second kappa shape index (κ2) is 7.01. The summed E-state index contributed by atoms with van der Waals surface area (Å²) in [6.07, 6.45) is 7.77. The van der Waals surface area contributed by atoms with Gasteiger partial charge in [-0.15, -0.1) is 0 Å². The van der Waals surface area contributed by atoms with Crippen LogP contribution in [0.15, 0.2) is 61.1 Å². The number of imidazole rings is 1. The first-order valence-corrected chi connectivity index (χ1v) is 10.1. The smallest absolute Gasteiger partial charge is 0.138 e. The largest absolute Gasteiger partial charge is 0.322 e. The molecule has 2 heterocycles. The number of rotatable bonds is 4. The molecule has 1 aliphatic carbocycles. The molecule has 1 atom stereocenters. The van der Waals surface area contributed by atoms with Crippen LogP contribution in [-0.4, -0.2) is 15.3 Å². The Hall–Kier alpha value is -2.75. The monoisotopic (exact) mass is 374 g/mol. The fourth-order valence-electron chi connectivity index (χ4n) is 5.03. The van der Waals surface area contributed by atoms with Crippen molar-refractivity contribution in [1.82, 2.24) is 9.55 Å². The third kappa shape index (κ3) is 2.88. The van der Waals surface area contributed by atoms with Gasteiger partial charge in [0.25, 0.3) is 0 Å². The predicted octanol–water partition coefficient (Wildman–Crippen LogP) is 5.53. The molecule has 2 aromatic carbocycles. The topological polar surface area (TPSA) is 34.9 Å². The van der Waals surface area contributed by atoms with Gasteiger partial charge in [-0.1, -0.05) is 42.5 Å². The standard InChI is InChI=1S/C24H23FN2O/c25-20-8-4-7-19-22-14-26-15-27(22)21(24(19)20)13-23(28)18-11-9-17(10-12-18)16-5-2-1-3-6-16/h1-8,14-15,17-18,21H,9-13H2/t17-,18+,21?. The normalized spacial score (nSPS) is 23.2. The summed E-state index contributed by atoms with van der Waals surface area (Å²) in [7, 11) is 0. The number of hydrogen-bond donors (Lipinski definition) is 0. The van der Waals surface area contributed by atoms with Gasteiger partial charge in [-0.25, -0.2) is 9.37 Å². The molecule has 1 fully saturated rings. The maximum absolute atomic E-state index is 14.6. The Balaban J connectivity index is 1.31. The fourth-order valence-corrected chi connectivity index (χ4v) is 5.03. The molecule has 0 radical (unpaired) electrons. The first-order chi connectivity index (χ1) is 13.7. The van der Waals surface area contributed by atoms with E-state index < -0.39 is 0 Å². The van der Waals surface area contributed by atoms with Gasteiger partial charge < -0.3 is 4.57 Å². The summed E-state index contributed by atoms with van der Waals surface area (Å²) in [6.45, 7) is 0. The highest BCUT2D eigenvalue weighted by molar-refractivity contribution is 5.83. The van der Waals surface area contributed by atoms with E-state index in [-0.39, 0.29) is 23.6 Å². The number of halogens is 1. The number of ketones is 1. The van der Waals surface area contributed by atoms with Gasteiger partial charge >= 0.3 is 0 Å². The Labute approximate surface area is 164 Å².